The van der Waals surface area contributed by atoms with Crippen molar-refractivity contribution < 1.29 is 9.90 Å². The zero-order chi connectivity index (χ0) is 12.6. The molecule has 16 heavy (non-hydrogen) atoms. The highest BCUT2D eigenvalue weighted by Crippen LogP contribution is 2.51. The lowest BCUT2D eigenvalue weighted by Gasteiger charge is -2.22. The van der Waals surface area contributed by atoms with Crippen molar-refractivity contribution in [3.05, 3.63) is 0 Å². The molecular weight excluding hydrogens is 202 g/mol. The maximum absolute atomic E-state index is 11.7. The standard InChI is InChI=1S/C13H25NO2/c1-12(2,3)6-9(15)8-14-11(16)10-7-13(10,4)5/h9-10,15H,6-8H2,1-5H3,(H,14,16). The summed E-state index contributed by atoms with van der Waals surface area (Å²) in [6.07, 6.45) is 1.24. The first-order valence-electron chi connectivity index (χ1n) is 6.08. The first kappa shape index (κ1) is 13.5. The molecule has 1 aliphatic rings. The Bertz CT molecular complexity index is 266. The SMILES string of the molecule is CC(C)(C)CC(O)CNC(=O)C1CC1(C)C. The Hall–Kier alpha value is -0.570. The van der Waals surface area contributed by atoms with Gasteiger partial charge < -0.3 is 10.4 Å². The fourth-order valence-corrected chi connectivity index (χ4v) is 2.04. The first-order chi connectivity index (χ1) is 7.12. The number of carbonyl (C=O) groups is 1. The lowest BCUT2D eigenvalue weighted by Crippen LogP contribution is -2.35. The van der Waals surface area contributed by atoms with E-state index >= 15 is 0 Å². The minimum Gasteiger partial charge on any atom is -0.391 e. The van der Waals surface area contributed by atoms with Gasteiger partial charge in [0.2, 0.25) is 5.91 Å². The van der Waals surface area contributed by atoms with Gasteiger partial charge in [-0.15, -0.1) is 0 Å². The van der Waals surface area contributed by atoms with E-state index in [2.05, 4.69) is 39.9 Å². The van der Waals surface area contributed by atoms with E-state index < -0.39 is 6.10 Å². The fourth-order valence-electron chi connectivity index (χ4n) is 2.04. The molecule has 1 rings (SSSR count). The number of hydrogen-bond acceptors (Lipinski definition) is 2. The van der Waals surface area contributed by atoms with Gasteiger partial charge in [-0.2, -0.15) is 0 Å². The minimum atomic E-state index is -0.439. The van der Waals surface area contributed by atoms with E-state index in [-0.39, 0.29) is 22.7 Å². The van der Waals surface area contributed by atoms with Crippen LogP contribution in [0, 0.1) is 16.7 Å². The van der Waals surface area contributed by atoms with Gasteiger partial charge in [-0.3, -0.25) is 4.79 Å². The van der Waals surface area contributed by atoms with Gasteiger partial charge in [-0.1, -0.05) is 34.6 Å². The third kappa shape index (κ3) is 4.12. The van der Waals surface area contributed by atoms with Gasteiger partial charge in [0.15, 0.2) is 0 Å². The third-order valence-electron chi connectivity index (χ3n) is 3.19. The molecule has 2 atom stereocenters. The van der Waals surface area contributed by atoms with Crippen LogP contribution in [-0.4, -0.2) is 23.7 Å². The summed E-state index contributed by atoms with van der Waals surface area (Å²) >= 11 is 0. The molecule has 2 unspecified atom stereocenters. The van der Waals surface area contributed by atoms with Gasteiger partial charge in [0.05, 0.1) is 6.10 Å². The van der Waals surface area contributed by atoms with Crippen LogP contribution in [0.25, 0.3) is 0 Å². The van der Waals surface area contributed by atoms with Crippen LogP contribution in [0.5, 0.6) is 0 Å². The van der Waals surface area contributed by atoms with Gasteiger partial charge in [0.1, 0.15) is 0 Å². The maximum Gasteiger partial charge on any atom is 0.223 e. The lowest BCUT2D eigenvalue weighted by molar-refractivity contribution is -0.123. The van der Waals surface area contributed by atoms with E-state index in [1.807, 2.05) is 0 Å². The van der Waals surface area contributed by atoms with Gasteiger partial charge in [0.25, 0.3) is 0 Å². The molecule has 0 aromatic carbocycles. The van der Waals surface area contributed by atoms with Crippen LogP contribution in [0.1, 0.15) is 47.5 Å². The second-order valence-corrected chi connectivity index (χ2v) is 6.91. The monoisotopic (exact) mass is 227 g/mol. The van der Waals surface area contributed by atoms with Crippen LogP contribution in [0.4, 0.5) is 0 Å². The van der Waals surface area contributed by atoms with E-state index in [9.17, 15) is 9.90 Å². The highest BCUT2D eigenvalue weighted by molar-refractivity contribution is 5.82. The molecule has 0 aromatic rings. The topological polar surface area (TPSA) is 49.3 Å². The smallest absolute Gasteiger partial charge is 0.223 e. The van der Waals surface area contributed by atoms with E-state index in [4.69, 9.17) is 0 Å². The molecule has 3 heteroatoms. The molecule has 0 bridgehead atoms. The highest BCUT2D eigenvalue weighted by atomic mass is 16.3. The van der Waals surface area contributed by atoms with Crippen LogP contribution >= 0.6 is 0 Å². The third-order valence-corrected chi connectivity index (χ3v) is 3.19. The lowest BCUT2D eigenvalue weighted by atomic mass is 9.89. The molecule has 0 heterocycles. The van der Waals surface area contributed by atoms with Crippen molar-refractivity contribution in [1.82, 2.24) is 5.32 Å². The van der Waals surface area contributed by atoms with Crippen molar-refractivity contribution >= 4 is 5.91 Å². The molecule has 94 valence electrons. The van der Waals surface area contributed by atoms with Crippen LogP contribution in [0.2, 0.25) is 0 Å². The molecule has 1 fully saturated rings. The predicted molar refractivity (Wildman–Crippen MR) is 65.0 cm³/mol. The Morgan fingerprint density at radius 2 is 2.00 bits per heavy atom. The van der Waals surface area contributed by atoms with Crippen LogP contribution in [0.3, 0.4) is 0 Å². The molecule has 1 saturated carbocycles. The highest BCUT2D eigenvalue weighted by Gasteiger charge is 2.50. The Morgan fingerprint density at radius 1 is 1.50 bits per heavy atom. The van der Waals surface area contributed by atoms with Crippen molar-refractivity contribution in [3.63, 3.8) is 0 Å². The molecule has 0 aliphatic heterocycles. The Kier molecular flexibility index (Phi) is 3.68. The molecule has 0 aromatic heterocycles. The van der Waals surface area contributed by atoms with Crippen LogP contribution in [0.15, 0.2) is 0 Å². The Morgan fingerprint density at radius 3 is 2.38 bits per heavy atom. The van der Waals surface area contributed by atoms with Crippen molar-refractivity contribution in [2.45, 2.75) is 53.6 Å². The maximum atomic E-state index is 11.7. The first-order valence-corrected chi connectivity index (χ1v) is 6.08. The molecule has 0 radical (unpaired) electrons. The Balaban J connectivity index is 2.23. The van der Waals surface area contributed by atoms with Crippen molar-refractivity contribution in [1.29, 1.82) is 0 Å². The Labute approximate surface area is 98.6 Å². The second kappa shape index (κ2) is 4.36. The van der Waals surface area contributed by atoms with E-state index in [0.717, 1.165) is 6.42 Å². The summed E-state index contributed by atoms with van der Waals surface area (Å²) in [5.41, 5.74) is 0.266. The van der Waals surface area contributed by atoms with Crippen molar-refractivity contribution in [2.75, 3.05) is 6.54 Å². The quantitative estimate of drug-likeness (QED) is 0.771. The molecule has 1 amide bonds. The summed E-state index contributed by atoms with van der Waals surface area (Å²) in [5.74, 6) is 0.243. The van der Waals surface area contributed by atoms with E-state index in [0.29, 0.717) is 13.0 Å². The average Bonchev–Trinajstić information content (AvgIpc) is 2.68. The van der Waals surface area contributed by atoms with Gasteiger partial charge >= 0.3 is 0 Å². The normalized spacial score (nSPS) is 25.0. The fraction of sp³-hybridized carbons (Fsp3) is 0.923. The van der Waals surface area contributed by atoms with Gasteiger partial charge in [0, 0.05) is 12.5 Å². The number of hydrogen-bond donors (Lipinski definition) is 2. The molecular formula is C13H25NO2. The van der Waals surface area contributed by atoms with Gasteiger partial charge in [-0.05, 0) is 23.7 Å². The summed E-state index contributed by atoms with van der Waals surface area (Å²) in [4.78, 5) is 11.7. The van der Waals surface area contributed by atoms with E-state index in [1.165, 1.54) is 0 Å². The summed E-state index contributed by atoms with van der Waals surface area (Å²) in [5, 5.41) is 12.6. The number of carbonyl (C=O) groups excluding carboxylic acids is 1. The second-order valence-electron chi connectivity index (χ2n) is 6.91. The number of amides is 1. The van der Waals surface area contributed by atoms with Crippen LogP contribution in [-0.2, 0) is 4.79 Å². The zero-order valence-corrected chi connectivity index (χ0v) is 11.1. The average molecular weight is 227 g/mol. The minimum absolute atomic E-state index is 0.0953. The zero-order valence-electron chi connectivity index (χ0n) is 11.1. The number of aliphatic hydroxyl groups excluding tert-OH is 1. The summed E-state index contributed by atoms with van der Waals surface area (Å²) in [6.45, 7) is 10.8. The summed E-state index contributed by atoms with van der Waals surface area (Å²) in [6, 6.07) is 0. The summed E-state index contributed by atoms with van der Waals surface area (Å²) < 4.78 is 0. The molecule has 2 N–H and O–H groups in total. The van der Waals surface area contributed by atoms with Crippen LogP contribution < -0.4 is 5.32 Å². The number of aliphatic hydroxyl groups is 1. The summed E-state index contributed by atoms with van der Waals surface area (Å²) in [7, 11) is 0. The molecule has 0 spiro atoms. The molecule has 1 aliphatic carbocycles. The number of nitrogens with one attached hydrogen (secondary N) is 1. The van der Waals surface area contributed by atoms with Gasteiger partial charge in [-0.25, -0.2) is 0 Å². The predicted octanol–water partition coefficient (Wildman–Crippen LogP) is 1.95. The largest absolute Gasteiger partial charge is 0.391 e. The van der Waals surface area contributed by atoms with Crippen molar-refractivity contribution in [2.24, 2.45) is 16.7 Å². The van der Waals surface area contributed by atoms with E-state index in [1.54, 1.807) is 0 Å². The number of rotatable bonds is 4. The molecule has 0 saturated heterocycles. The molecule has 3 nitrogen and oxygen atoms in total. The van der Waals surface area contributed by atoms with Crippen molar-refractivity contribution in [3.8, 4) is 0 Å².